The van der Waals surface area contributed by atoms with Crippen LogP contribution < -0.4 is 15.4 Å². The molecule has 0 amide bonds. The number of benzene rings is 2. The van der Waals surface area contributed by atoms with Crippen LogP contribution in [0, 0.1) is 6.92 Å². The molecule has 1 saturated heterocycles. The Labute approximate surface area is 191 Å². The summed E-state index contributed by atoms with van der Waals surface area (Å²) >= 11 is 0. The molecule has 5 nitrogen and oxygen atoms in total. The molecule has 0 saturated carbocycles. The first-order valence-electron chi connectivity index (χ1n) is 9.88. The van der Waals surface area contributed by atoms with Crippen LogP contribution in [0.5, 0.6) is 5.75 Å². The number of ether oxygens (including phenoxy) is 2. The van der Waals surface area contributed by atoms with E-state index in [-0.39, 0.29) is 29.4 Å². The second-order valence-corrected chi connectivity index (χ2v) is 7.33. The number of guanidine groups is 1. The van der Waals surface area contributed by atoms with E-state index < -0.39 is 0 Å². The highest BCUT2D eigenvalue weighted by Gasteiger charge is 2.34. The lowest BCUT2D eigenvalue weighted by Gasteiger charge is -2.38. The summed E-state index contributed by atoms with van der Waals surface area (Å²) in [5.74, 6) is 1.71. The van der Waals surface area contributed by atoms with Crippen molar-refractivity contribution in [1.82, 2.24) is 10.6 Å². The maximum absolute atomic E-state index is 5.64. The van der Waals surface area contributed by atoms with E-state index in [0.717, 1.165) is 50.9 Å². The van der Waals surface area contributed by atoms with E-state index in [0.29, 0.717) is 0 Å². The molecule has 0 radical (unpaired) electrons. The lowest BCUT2D eigenvalue weighted by molar-refractivity contribution is 0.0513. The molecule has 0 atom stereocenters. The largest absolute Gasteiger partial charge is 0.497 e. The molecule has 0 bridgehead atoms. The zero-order chi connectivity index (χ0) is 19.8. The van der Waals surface area contributed by atoms with Gasteiger partial charge in [0, 0.05) is 38.8 Å². The highest BCUT2D eigenvalue weighted by molar-refractivity contribution is 14.0. The highest BCUT2D eigenvalue weighted by Crippen LogP contribution is 2.35. The third kappa shape index (κ3) is 6.09. The van der Waals surface area contributed by atoms with E-state index in [1.54, 1.807) is 7.11 Å². The predicted octanol–water partition coefficient (Wildman–Crippen LogP) is 4.04. The van der Waals surface area contributed by atoms with Gasteiger partial charge < -0.3 is 20.1 Å². The van der Waals surface area contributed by atoms with Crippen molar-refractivity contribution in [3.05, 3.63) is 65.2 Å². The smallest absolute Gasteiger partial charge is 0.191 e. The Balaban J connectivity index is 0.00000300. The van der Waals surface area contributed by atoms with Crippen LogP contribution in [0.2, 0.25) is 0 Å². The maximum Gasteiger partial charge on any atom is 0.191 e. The maximum atomic E-state index is 5.64. The molecule has 29 heavy (non-hydrogen) atoms. The van der Waals surface area contributed by atoms with E-state index in [2.05, 4.69) is 58.9 Å². The molecule has 3 rings (SSSR count). The van der Waals surface area contributed by atoms with Crippen LogP contribution in [0.3, 0.4) is 0 Å². The summed E-state index contributed by atoms with van der Waals surface area (Å²) in [6, 6.07) is 16.8. The number of aryl methyl sites for hydroxylation is 1. The average molecular weight is 509 g/mol. The van der Waals surface area contributed by atoms with Crippen molar-refractivity contribution in [3.8, 4) is 5.75 Å². The van der Waals surface area contributed by atoms with Gasteiger partial charge in [0.2, 0.25) is 0 Å². The monoisotopic (exact) mass is 509 g/mol. The molecule has 2 aromatic rings. The Morgan fingerprint density at radius 2 is 1.76 bits per heavy atom. The number of halogens is 1. The molecule has 0 aromatic heterocycles. The molecule has 158 valence electrons. The number of rotatable bonds is 6. The van der Waals surface area contributed by atoms with Crippen LogP contribution in [-0.4, -0.2) is 39.9 Å². The molecule has 1 aliphatic rings. The van der Waals surface area contributed by atoms with E-state index >= 15 is 0 Å². The number of aliphatic imine (C=N–C) groups is 1. The Hall–Kier alpha value is -1.80. The van der Waals surface area contributed by atoms with E-state index in [9.17, 15) is 0 Å². The third-order valence-electron chi connectivity index (χ3n) is 5.68. The lowest BCUT2D eigenvalue weighted by atomic mass is 9.74. The van der Waals surface area contributed by atoms with Gasteiger partial charge in [0.25, 0.3) is 0 Å². The van der Waals surface area contributed by atoms with Crippen molar-refractivity contribution in [2.75, 3.05) is 33.9 Å². The van der Waals surface area contributed by atoms with Crippen LogP contribution in [0.4, 0.5) is 0 Å². The van der Waals surface area contributed by atoms with Crippen LogP contribution in [0.25, 0.3) is 0 Å². The second-order valence-electron chi connectivity index (χ2n) is 7.33. The molecule has 0 aliphatic carbocycles. The van der Waals surface area contributed by atoms with Gasteiger partial charge in [-0.05, 0) is 48.6 Å². The van der Waals surface area contributed by atoms with Crippen molar-refractivity contribution in [3.63, 3.8) is 0 Å². The minimum atomic E-state index is 0. The summed E-state index contributed by atoms with van der Waals surface area (Å²) in [5.41, 5.74) is 3.91. The molecule has 0 spiro atoms. The summed E-state index contributed by atoms with van der Waals surface area (Å²) in [4.78, 5) is 4.41. The number of hydrogen-bond donors (Lipinski definition) is 2. The minimum absolute atomic E-state index is 0. The molecular weight excluding hydrogens is 477 g/mol. The van der Waals surface area contributed by atoms with Crippen LogP contribution in [0.15, 0.2) is 53.5 Å². The Morgan fingerprint density at radius 3 is 2.38 bits per heavy atom. The number of nitrogens with zero attached hydrogens (tertiary/aromatic N) is 1. The van der Waals surface area contributed by atoms with Gasteiger partial charge in [-0.2, -0.15) is 0 Å². The number of nitrogens with one attached hydrogen (secondary N) is 2. The van der Waals surface area contributed by atoms with E-state index in [4.69, 9.17) is 9.47 Å². The van der Waals surface area contributed by atoms with Gasteiger partial charge in [-0.25, -0.2) is 0 Å². The fourth-order valence-electron chi connectivity index (χ4n) is 3.74. The summed E-state index contributed by atoms with van der Waals surface area (Å²) in [7, 11) is 3.52. The third-order valence-corrected chi connectivity index (χ3v) is 5.68. The molecule has 6 heteroatoms. The second kappa shape index (κ2) is 11.4. The summed E-state index contributed by atoms with van der Waals surface area (Å²) in [6.45, 7) is 5.26. The van der Waals surface area contributed by atoms with Crippen molar-refractivity contribution in [1.29, 1.82) is 0 Å². The Bertz CT molecular complexity index is 787. The van der Waals surface area contributed by atoms with Crippen LogP contribution in [0.1, 0.15) is 29.5 Å². The molecule has 2 N–H and O–H groups in total. The fraction of sp³-hybridized carbons (Fsp3) is 0.435. The van der Waals surface area contributed by atoms with Crippen LogP contribution in [-0.2, 0) is 16.7 Å². The summed E-state index contributed by atoms with van der Waals surface area (Å²) < 4.78 is 11.0. The number of methoxy groups -OCH3 is 1. The summed E-state index contributed by atoms with van der Waals surface area (Å²) in [5, 5.41) is 6.99. The standard InChI is InChI=1S/C23H31N3O2.HI/c1-18-6-4-5-7-19(18)16-25-22(24-2)26-17-23(12-14-28-15-13-23)20-8-10-21(27-3)11-9-20;/h4-11H,12-17H2,1-3H3,(H2,24,25,26);1H. The Morgan fingerprint density at radius 1 is 1.07 bits per heavy atom. The van der Waals surface area contributed by atoms with Gasteiger partial charge in [-0.3, -0.25) is 4.99 Å². The van der Waals surface area contributed by atoms with E-state index in [1.165, 1.54) is 16.7 Å². The topological polar surface area (TPSA) is 54.9 Å². The SMILES string of the molecule is CN=C(NCc1ccccc1C)NCC1(c2ccc(OC)cc2)CCOCC1.I. The van der Waals surface area contributed by atoms with Gasteiger partial charge in [0.05, 0.1) is 7.11 Å². The van der Waals surface area contributed by atoms with Gasteiger partial charge in [0.1, 0.15) is 5.75 Å². The van der Waals surface area contributed by atoms with Crippen LogP contribution >= 0.6 is 24.0 Å². The summed E-state index contributed by atoms with van der Waals surface area (Å²) in [6.07, 6.45) is 1.97. The lowest BCUT2D eigenvalue weighted by Crippen LogP contribution is -2.47. The minimum Gasteiger partial charge on any atom is -0.497 e. The zero-order valence-electron chi connectivity index (χ0n) is 17.5. The first-order valence-corrected chi connectivity index (χ1v) is 9.88. The molecule has 1 fully saturated rings. The molecule has 2 aromatic carbocycles. The molecule has 1 aliphatic heterocycles. The molecule has 1 heterocycles. The molecule has 0 unspecified atom stereocenters. The average Bonchev–Trinajstić information content (AvgIpc) is 2.75. The van der Waals surface area contributed by atoms with Gasteiger partial charge >= 0.3 is 0 Å². The number of hydrogen-bond acceptors (Lipinski definition) is 3. The highest BCUT2D eigenvalue weighted by atomic mass is 127. The normalized spacial score (nSPS) is 15.9. The zero-order valence-corrected chi connectivity index (χ0v) is 19.9. The van der Waals surface area contributed by atoms with Crippen molar-refractivity contribution in [2.45, 2.75) is 31.7 Å². The van der Waals surface area contributed by atoms with Crippen molar-refractivity contribution >= 4 is 29.9 Å². The van der Waals surface area contributed by atoms with Crippen molar-refractivity contribution < 1.29 is 9.47 Å². The Kier molecular flexibility index (Phi) is 9.23. The molecular formula is C23H32IN3O2. The van der Waals surface area contributed by atoms with E-state index in [1.807, 2.05) is 19.2 Å². The first kappa shape index (κ1) is 23.5. The first-order chi connectivity index (χ1) is 13.7. The van der Waals surface area contributed by atoms with Gasteiger partial charge in [0.15, 0.2) is 5.96 Å². The predicted molar refractivity (Wildman–Crippen MR) is 130 cm³/mol. The quantitative estimate of drug-likeness (QED) is 0.351. The van der Waals surface area contributed by atoms with Gasteiger partial charge in [-0.15, -0.1) is 24.0 Å². The van der Waals surface area contributed by atoms with Gasteiger partial charge in [-0.1, -0.05) is 36.4 Å². The fourth-order valence-corrected chi connectivity index (χ4v) is 3.74. The van der Waals surface area contributed by atoms with Crippen molar-refractivity contribution in [2.24, 2.45) is 4.99 Å².